The minimum atomic E-state index is -3.95. The molecule has 0 bridgehead atoms. The monoisotopic (exact) mass is 518 g/mol. The van der Waals surface area contributed by atoms with Gasteiger partial charge in [-0.15, -0.1) is 0 Å². The molecule has 0 unspecified atom stereocenters. The Morgan fingerprint density at radius 1 is 1.20 bits per heavy atom. The van der Waals surface area contributed by atoms with Crippen molar-refractivity contribution in [3.8, 4) is 11.4 Å². The fourth-order valence-corrected chi connectivity index (χ4v) is 6.02. The number of aromatic amines is 1. The molecule has 4 aromatic rings. The van der Waals surface area contributed by atoms with E-state index in [1.54, 1.807) is 12.3 Å². The molecule has 0 amide bonds. The summed E-state index contributed by atoms with van der Waals surface area (Å²) in [6.07, 6.45) is 4.54. The van der Waals surface area contributed by atoms with Gasteiger partial charge >= 0.3 is 0 Å². The van der Waals surface area contributed by atoms with Crippen LogP contribution in [-0.4, -0.2) is 52.3 Å². The summed E-state index contributed by atoms with van der Waals surface area (Å²) in [6, 6.07) is 8.23. The first-order valence-electron chi connectivity index (χ1n) is 11.0. The van der Waals surface area contributed by atoms with Crippen LogP contribution in [0, 0.1) is 17.7 Å². The molecule has 0 radical (unpaired) electrons. The van der Waals surface area contributed by atoms with Crippen LogP contribution in [0.3, 0.4) is 0 Å². The van der Waals surface area contributed by atoms with Gasteiger partial charge in [0.05, 0.1) is 5.02 Å². The van der Waals surface area contributed by atoms with Gasteiger partial charge in [-0.25, -0.2) is 22.8 Å². The summed E-state index contributed by atoms with van der Waals surface area (Å²) >= 11 is 6.05. The molecule has 0 aliphatic carbocycles. The smallest absolute Gasteiger partial charge is 0.245 e. The second-order valence-corrected chi connectivity index (χ2v) is 10.7. The first kappa shape index (κ1) is 23.6. The quantitative estimate of drug-likeness (QED) is 0.365. The number of rotatable bonds is 6. The normalized spacial score (nSPS) is 17.1. The van der Waals surface area contributed by atoms with E-state index >= 15 is 0 Å². The van der Waals surface area contributed by atoms with Crippen molar-refractivity contribution in [1.29, 1.82) is 0 Å². The number of nitrogens with one attached hydrogen (secondary N) is 2. The van der Waals surface area contributed by atoms with Gasteiger partial charge in [-0.05, 0) is 37.0 Å². The van der Waals surface area contributed by atoms with E-state index in [2.05, 4.69) is 25.3 Å². The predicted octanol–water partition coefficient (Wildman–Crippen LogP) is 4.46. The van der Waals surface area contributed by atoms with Gasteiger partial charge in [0.15, 0.2) is 5.82 Å². The van der Waals surface area contributed by atoms with E-state index in [9.17, 15) is 17.2 Å². The van der Waals surface area contributed by atoms with Crippen LogP contribution in [0.15, 0.2) is 53.7 Å². The largest absolute Gasteiger partial charge is 0.370 e. The van der Waals surface area contributed by atoms with Crippen LogP contribution in [0.1, 0.15) is 12.8 Å². The van der Waals surface area contributed by atoms with E-state index in [1.807, 2.05) is 0 Å². The van der Waals surface area contributed by atoms with Crippen molar-refractivity contribution in [3.63, 3.8) is 0 Å². The van der Waals surface area contributed by atoms with E-state index in [0.717, 1.165) is 12.5 Å². The van der Waals surface area contributed by atoms with E-state index in [0.29, 0.717) is 41.1 Å². The number of halogens is 3. The summed E-state index contributed by atoms with van der Waals surface area (Å²) < 4.78 is 55.7. The zero-order valence-corrected chi connectivity index (χ0v) is 20.0. The molecule has 4 heterocycles. The number of hydrogen-bond donors (Lipinski definition) is 2. The van der Waals surface area contributed by atoms with Gasteiger partial charge in [0, 0.05) is 49.0 Å². The molecule has 8 nitrogen and oxygen atoms in total. The maximum absolute atomic E-state index is 14.3. The second kappa shape index (κ2) is 9.48. The van der Waals surface area contributed by atoms with Crippen molar-refractivity contribution < 1.29 is 17.2 Å². The van der Waals surface area contributed by atoms with Gasteiger partial charge < -0.3 is 10.3 Å². The number of fused-ring (bicyclic) bond motifs is 1. The summed E-state index contributed by atoms with van der Waals surface area (Å²) in [5, 5.41) is 4.19. The molecule has 1 aromatic carbocycles. The van der Waals surface area contributed by atoms with E-state index in [-0.39, 0.29) is 29.0 Å². The highest BCUT2D eigenvalue weighted by Crippen LogP contribution is 2.29. The Kier molecular flexibility index (Phi) is 6.39. The Morgan fingerprint density at radius 3 is 2.86 bits per heavy atom. The van der Waals surface area contributed by atoms with Crippen LogP contribution in [-0.2, 0) is 10.0 Å². The third-order valence-corrected chi connectivity index (χ3v) is 8.05. The van der Waals surface area contributed by atoms with Crippen LogP contribution in [0.2, 0.25) is 5.02 Å². The molecule has 1 aliphatic heterocycles. The molecule has 182 valence electrons. The van der Waals surface area contributed by atoms with E-state index in [1.165, 1.54) is 34.8 Å². The number of benzene rings is 1. The Morgan fingerprint density at radius 2 is 2.03 bits per heavy atom. The molecule has 35 heavy (non-hydrogen) atoms. The lowest BCUT2D eigenvalue weighted by atomic mass is 10.00. The highest BCUT2D eigenvalue weighted by molar-refractivity contribution is 7.89. The van der Waals surface area contributed by atoms with Crippen LogP contribution >= 0.6 is 11.6 Å². The lowest BCUT2D eigenvalue weighted by molar-refractivity contribution is 0.274. The predicted molar refractivity (Wildman–Crippen MR) is 128 cm³/mol. The molecule has 0 saturated carbocycles. The van der Waals surface area contributed by atoms with Gasteiger partial charge in [0.1, 0.15) is 22.2 Å². The van der Waals surface area contributed by atoms with E-state index in [4.69, 9.17) is 11.6 Å². The fourth-order valence-electron chi connectivity index (χ4n) is 4.25. The first-order chi connectivity index (χ1) is 16.8. The topological polar surface area (TPSA) is 104 Å². The van der Waals surface area contributed by atoms with Crippen molar-refractivity contribution in [2.45, 2.75) is 17.7 Å². The maximum atomic E-state index is 14.3. The molecule has 1 saturated heterocycles. The Bertz CT molecular complexity index is 1500. The molecule has 3 aromatic heterocycles. The van der Waals surface area contributed by atoms with Crippen molar-refractivity contribution in [3.05, 3.63) is 65.6 Å². The molecule has 1 atom stereocenters. The van der Waals surface area contributed by atoms with Crippen LogP contribution in [0.5, 0.6) is 0 Å². The lowest BCUT2D eigenvalue weighted by Crippen LogP contribution is -2.42. The maximum Gasteiger partial charge on any atom is 0.245 e. The second-order valence-electron chi connectivity index (χ2n) is 8.33. The minimum absolute atomic E-state index is 0.0668. The zero-order valence-electron chi connectivity index (χ0n) is 18.4. The molecule has 1 aliphatic rings. The van der Waals surface area contributed by atoms with E-state index < -0.39 is 21.8 Å². The number of aromatic nitrogens is 4. The zero-order chi connectivity index (χ0) is 24.6. The summed E-state index contributed by atoms with van der Waals surface area (Å²) in [4.78, 5) is 15.2. The van der Waals surface area contributed by atoms with Gasteiger partial charge in [-0.2, -0.15) is 13.7 Å². The average Bonchev–Trinajstić information content (AvgIpc) is 3.26. The first-order valence-corrected chi connectivity index (χ1v) is 12.8. The fraction of sp³-hybridized carbons (Fsp3) is 0.261. The number of nitrogens with zero attached hydrogens (tertiary/aromatic N) is 4. The highest BCUT2D eigenvalue weighted by atomic mass is 35.5. The molecule has 12 heteroatoms. The standard InChI is InChI=1S/C23H21ClF2N6O2S/c24-15-8-16-17(12-29-22(16)28-11-15)23-30-20(26)9-21(31-23)27-10-14-4-3-7-32(13-14)35(33,34)19-6-2-1-5-18(19)25/h1-2,5-6,8-9,11-12,14H,3-4,7,10,13H2,(H,28,29)(H,27,30,31)/t14-/m1/s1. The van der Waals surface area contributed by atoms with Crippen molar-refractivity contribution in [2.75, 3.05) is 25.0 Å². The number of pyridine rings is 1. The summed E-state index contributed by atoms with van der Waals surface area (Å²) in [6.45, 7) is 0.897. The molecule has 0 spiro atoms. The molecule has 5 rings (SSSR count). The average molecular weight is 519 g/mol. The van der Waals surface area contributed by atoms with Gasteiger partial charge in [0.2, 0.25) is 16.0 Å². The minimum Gasteiger partial charge on any atom is -0.370 e. The number of H-pyrrole nitrogens is 1. The van der Waals surface area contributed by atoms with Crippen molar-refractivity contribution in [1.82, 2.24) is 24.2 Å². The SMILES string of the molecule is O=S(=O)(c1ccccc1F)N1CCC[C@H](CNc2cc(F)nc(-c3c[nH]c4ncc(Cl)cc34)n2)C1. The molecular weight excluding hydrogens is 498 g/mol. The number of hydrogen-bond acceptors (Lipinski definition) is 6. The van der Waals surface area contributed by atoms with Crippen molar-refractivity contribution >= 4 is 38.5 Å². The van der Waals surface area contributed by atoms with Crippen LogP contribution < -0.4 is 5.32 Å². The Balaban J connectivity index is 1.32. The molecular formula is C23H21ClF2N6O2S. The number of anilines is 1. The highest BCUT2D eigenvalue weighted by Gasteiger charge is 2.32. The Labute approximate surface area is 205 Å². The van der Waals surface area contributed by atoms with Crippen LogP contribution in [0.4, 0.5) is 14.6 Å². The van der Waals surface area contributed by atoms with Gasteiger partial charge in [0.25, 0.3) is 0 Å². The lowest BCUT2D eigenvalue weighted by Gasteiger charge is -2.32. The van der Waals surface area contributed by atoms with Gasteiger partial charge in [-0.3, -0.25) is 0 Å². The number of sulfonamides is 1. The Hall–Kier alpha value is -3.15. The summed E-state index contributed by atoms with van der Waals surface area (Å²) in [7, 11) is -3.95. The summed E-state index contributed by atoms with van der Waals surface area (Å²) in [5.74, 6) is -1.12. The molecule has 2 N–H and O–H groups in total. The third-order valence-electron chi connectivity index (χ3n) is 5.94. The molecule has 1 fully saturated rings. The summed E-state index contributed by atoms with van der Waals surface area (Å²) in [5.41, 5.74) is 1.13. The third kappa shape index (κ3) is 4.84. The number of piperidine rings is 1. The van der Waals surface area contributed by atoms with Crippen molar-refractivity contribution in [2.24, 2.45) is 5.92 Å². The van der Waals surface area contributed by atoms with Gasteiger partial charge in [-0.1, -0.05) is 23.7 Å². The van der Waals surface area contributed by atoms with Crippen LogP contribution in [0.25, 0.3) is 22.4 Å².